The zero-order valence-electron chi connectivity index (χ0n) is 12.9. The highest BCUT2D eigenvalue weighted by molar-refractivity contribution is 5.49. The third-order valence-corrected chi connectivity index (χ3v) is 4.03. The van der Waals surface area contributed by atoms with Gasteiger partial charge in [0.15, 0.2) is 0 Å². The lowest BCUT2D eigenvalue weighted by Gasteiger charge is -2.28. The van der Waals surface area contributed by atoms with Gasteiger partial charge in [0, 0.05) is 43.9 Å². The topological polar surface area (TPSA) is 33.7 Å². The highest BCUT2D eigenvalue weighted by Gasteiger charge is 2.16. The molecule has 0 unspecified atom stereocenters. The van der Waals surface area contributed by atoms with Gasteiger partial charge in [-0.3, -0.25) is 0 Å². The first-order valence-corrected chi connectivity index (χ1v) is 7.46. The van der Waals surface area contributed by atoms with Crippen molar-refractivity contribution >= 4 is 0 Å². The van der Waals surface area contributed by atoms with Crippen LogP contribution in [0.25, 0.3) is 0 Å². The van der Waals surface area contributed by atoms with Crippen molar-refractivity contribution in [3.63, 3.8) is 0 Å². The minimum atomic E-state index is 0.970. The first kappa shape index (κ1) is 15.1. The zero-order valence-corrected chi connectivity index (χ0v) is 12.9. The van der Waals surface area contributed by atoms with Crippen molar-refractivity contribution < 1.29 is 9.47 Å². The van der Waals surface area contributed by atoms with Gasteiger partial charge in [-0.05, 0) is 25.0 Å². The van der Waals surface area contributed by atoms with Crippen molar-refractivity contribution in [2.45, 2.75) is 19.8 Å². The molecule has 20 heavy (non-hydrogen) atoms. The molecule has 1 aliphatic rings. The van der Waals surface area contributed by atoms with Gasteiger partial charge in [0.2, 0.25) is 0 Å². The van der Waals surface area contributed by atoms with Crippen LogP contribution in [-0.4, -0.2) is 51.8 Å². The molecule has 0 radical (unpaired) electrons. The SMILES string of the molecule is CCc1c(OC)ccc(OC)c1CCN1CCNCC1. The number of piperazine rings is 1. The molecular formula is C16H26N2O2. The van der Waals surface area contributed by atoms with E-state index >= 15 is 0 Å². The second-order valence-electron chi connectivity index (χ2n) is 5.12. The summed E-state index contributed by atoms with van der Waals surface area (Å²) in [5.41, 5.74) is 2.58. The maximum Gasteiger partial charge on any atom is 0.122 e. The van der Waals surface area contributed by atoms with Gasteiger partial charge in [0.1, 0.15) is 11.5 Å². The molecule has 1 aromatic carbocycles. The first-order valence-electron chi connectivity index (χ1n) is 7.46. The molecule has 1 N–H and O–H groups in total. The van der Waals surface area contributed by atoms with Crippen LogP contribution in [0.2, 0.25) is 0 Å². The van der Waals surface area contributed by atoms with Crippen LogP contribution >= 0.6 is 0 Å². The monoisotopic (exact) mass is 278 g/mol. The Morgan fingerprint density at radius 2 is 1.65 bits per heavy atom. The molecule has 0 spiro atoms. The summed E-state index contributed by atoms with van der Waals surface area (Å²) in [6.07, 6.45) is 1.99. The Morgan fingerprint density at radius 3 is 2.20 bits per heavy atom. The van der Waals surface area contributed by atoms with Gasteiger partial charge in [0.05, 0.1) is 14.2 Å². The van der Waals surface area contributed by atoms with Crippen LogP contribution in [-0.2, 0) is 12.8 Å². The average Bonchev–Trinajstić information content (AvgIpc) is 2.52. The molecule has 1 aliphatic heterocycles. The zero-order chi connectivity index (χ0) is 14.4. The maximum atomic E-state index is 5.54. The van der Waals surface area contributed by atoms with E-state index in [0.717, 1.165) is 57.1 Å². The normalized spacial score (nSPS) is 16.1. The summed E-state index contributed by atoms with van der Waals surface area (Å²) in [4.78, 5) is 2.51. The van der Waals surface area contributed by atoms with Crippen molar-refractivity contribution in [2.75, 3.05) is 46.9 Å². The van der Waals surface area contributed by atoms with E-state index in [2.05, 4.69) is 17.1 Å². The maximum absolute atomic E-state index is 5.54. The van der Waals surface area contributed by atoms with Gasteiger partial charge in [0.25, 0.3) is 0 Å². The Morgan fingerprint density at radius 1 is 1.05 bits per heavy atom. The standard InChI is InChI=1S/C16H26N2O2/c1-4-13-14(7-10-18-11-8-17-9-12-18)16(20-3)6-5-15(13)19-2/h5-6,17H,4,7-12H2,1-3H3. The van der Waals surface area contributed by atoms with Crippen molar-refractivity contribution in [1.29, 1.82) is 0 Å². The van der Waals surface area contributed by atoms with E-state index in [0.29, 0.717) is 0 Å². The second-order valence-corrected chi connectivity index (χ2v) is 5.12. The van der Waals surface area contributed by atoms with Crippen LogP contribution in [0.15, 0.2) is 12.1 Å². The Bertz CT molecular complexity index is 429. The summed E-state index contributed by atoms with van der Waals surface area (Å²) in [7, 11) is 3.48. The Hall–Kier alpha value is -1.26. The molecule has 112 valence electrons. The largest absolute Gasteiger partial charge is 0.496 e. The summed E-state index contributed by atoms with van der Waals surface area (Å²) in [6, 6.07) is 4.02. The minimum Gasteiger partial charge on any atom is -0.496 e. The van der Waals surface area contributed by atoms with Gasteiger partial charge in [-0.25, -0.2) is 0 Å². The number of rotatable bonds is 6. The van der Waals surface area contributed by atoms with Crippen LogP contribution in [0.1, 0.15) is 18.1 Å². The number of ether oxygens (including phenoxy) is 2. The summed E-state index contributed by atoms with van der Waals surface area (Å²) in [5, 5.41) is 3.39. The predicted molar refractivity (Wildman–Crippen MR) is 81.9 cm³/mol. The quantitative estimate of drug-likeness (QED) is 0.859. The van der Waals surface area contributed by atoms with Gasteiger partial charge >= 0.3 is 0 Å². The van der Waals surface area contributed by atoms with Crippen LogP contribution in [0.3, 0.4) is 0 Å². The second kappa shape index (κ2) is 7.50. The van der Waals surface area contributed by atoms with Crippen LogP contribution in [0.4, 0.5) is 0 Å². The van der Waals surface area contributed by atoms with Crippen molar-refractivity contribution in [2.24, 2.45) is 0 Å². The van der Waals surface area contributed by atoms with Gasteiger partial charge in [-0.15, -0.1) is 0 Å². The fourth-order valence-electron chi connectivity index (χ4n) is 2.90. The molecule has 4 nitrogen and oxygen atoms in total. The molecule has 0 aromatic heterocycles. The third-order valence-electron chi connectivity index (χ3n) is 4.03. The van der Waals surface area contributed by atoms with E-state index in [4.69, 9.17) is 9.47 Å². The van der Waals surface area contributed by atoms with Crippen LogP contribution in [0, 0.1) is 0 Å². The predicted octanol–water partition coefficient (Wildman–Crippen LogP) is 1.71. The molecule has 1 saturated heterocycles. The smallest absolute Gasteiger partial charge is 0.122 e. The van der Waals surface area contributed by atoms with E-state index in [1.54, 1.807) is 14.2 Å². The summed E-state index contributed by atoms with van der Waals surface area (Å²) < 4.78 is 11.0. The van der Waals surface area contributed by atoms with E-state index in [1.165, 1.54) is 11.1 Å². The van der Waals surface area contributed by atoms with E-state index in [9.17, 15) is 0 Å². The number of methoxy groups -OCH3 is 2. The Balaban J connectivity index is 2.14. The third kappa shape index (κ3) is 3.44. The fraction of sp³-hybridized carbons (Fsp3) is 0.625. The molecule has 1 heterocycles. The molecule has 0 saturated carbocycles. The van der Waals surface area contributed by atoms with Gasteiger partial charge in [-0.2, -0.15) is 0 Å². The average molecular weight is 278 g/mol. The highest BCUT2D eigenvalue weighted by atomic mass is 16.5. The van der Waals surface area contributed by atoms with Gasteiger partial charge < -0.3 is 19.7 Å². The number of nitrogens with one attached hydrogen (secondary N) is 1. The molecule has 4 heteroatoms. The van der Waals surface area contributed by atoms with Gasteiger partial charge in [-0.1, -0.05) is 6.92 Å². The Kier molecular flexibility index (Phi) is 5.68. The lowest BCUT2D eigenvalue weighted by molar-refractivity contribution is 0.242. The summed E-state index contributed by atoms with van der Waals surface area (Å²) >= 11 is 0. The molecule has 0 amide bonds. The Labute approximate surface area is 122 Å². The summed E-state index contributed by atoms with van der Waals surface area (Å²) in [6.45, 7) is 7.71. The number of benzene rings is 1. The van der Waals surface area contributed by atoms with Crippen molar-refractivity contribution in [3.05, 3.63) is 23.3 Å². The van der Waals surface area contributed by atoms with E-state index in [1.807, 2.05) is 12.1 Å². The number of nitrogens with zero attached hydrogens (tertiary/aromatic N) is 1. The minimum absolute atomic E-state index is 0.970. The van der Waals surface area contributed by atoms with Crippen LogP contribution in [0.5, 0.6) is 11.5 Å². The molecule has 1 aromatic rings. The number of hydrogen-bond donors (Lipinski definition) is 1. The molecule has 0 atom stereocenters. The van der Waals surface area contributed by atoms with Crippen molar-refractivity contribution in [1.82, 2.24) is 10.2 Å². The number of hydrogen-bond acceptors (Lipinski definition) is 4. The molecule has 0 bridgehead atoms. The molecule has 2 rings (SSSR count). The van der Waals surface area contributed by atoms with E-state index < -0.39 is 0 Å². The molecular weight excluding hydrogens is 252 g/mol. The highest BCUT2D eigenvalue weighted by Crippen LogP contribution is 2.31. The fourth-order valence-corrected chi connectivity index (χ4v) is 2.90. The lowest BCUT2D eigenvalue weighted by atomic mass is 9.99. The lowest BCUT2D eigenvalue weighted by Crippen LogP contribution is -2.44. The summed E-state index contributed by atoms with van der Waals surface area (Å²) in [5.74, 6) is 1.96. The first-order chi connectivity index (χ1) is 9.80. The van der Waals surface area contributed by atoms with Crippen molar-refractivity contribution in [3.8, 4) is 11.5 Å². The van der Waals surface area contributed by atoms with E-state index in [-0.39, 0.29) is 0 Å². The van der Waals surface area contributed by atoms with Crippen LogP contribution < -0.4 is 14.8 Å². The molecule has 0 aliphatic carbocycles. The molecule has 1 fully saturated rings.